The molecule has 0 aliphatic heterocycles. The second-order valence-corrected chi connectivity index (χ2v) is 6.16. The van der Waals surface area contributed by atoms with Crippen molar-refractivity contribution in [2.75, 3.05) is 6.54 Å². The largest absolute Gasteiger partial charge is 0.350 e. The molecule has 0 unspecified atom stereocenters. The van der Waals surface area contributed by atoms with Gasteiger partial charge < -0.3 is 9.84 Å². The van der Waals surface area contributed by atoms with E-state index in [1.807, 2.05) is 31.2 Å². The van der Waals surface area contributed by atoms with Crippen molar-refractivity contribution in [3.05, 3.63) is 47.7 Å². The van der Waals surface area contributed by atoms with Gasteiger partial charge in [-0.2, -0.15) is 10.1 Å². The van der Waals surface area contributed by atoms with Crippen LogP contribution in [0.25, 0.3) is 11.5 Å². The summed E-state index contributed by atoms with van der Waals surface area (Å²) in [6.07, 6.45) is 2.12. The normalized spacial score (nSPS) is 11.1. The molecule has 26 heavy (non-hydrogen) atoms. The van der Waals surface area contributed by atoms with Crippen LogP contribution in [0.4, 0.5) is 0 Å². The van der Waals surface area contributed by atoms with E-state index in [1.165, 1.54) is 0 Å². The number of aryl methyl sites for hydroxylation is 1. The van der Waals surface area contributed by atoms with Crippen LogP contribution in [-0.2, 0) is 13.0 Å². The van der Waals surface area contributed by atoms with E-state index >= 15 is 0 Å². The fourth-order valence-corrected chi connectivity index (χ4v) is 2.47. The Balaban J connectivity index is 1.58. The Bertz CT molecular complexity index is 869. The molecule has 8 heteroatoms. The van der Waals surface area contributed by atoms with E-state index in [9.17, 15) is 4.79 Å². The zero-order valence-electron chi connectivity index (χ0n) is 15.1. The summed E-state index contributed by atoms with van der Waals surface area (Å²) in [5.74, 6) is 1.02. The molecule has 3 heterocycles. The van der Waals surface area contributed by atoms with E-state index in [1.54, 1.807) is 10.9 Å². The monoisotopic (exact) mass is 354 g/mol. The maximum absolute atomic E-state index is 12.4. The molecule has 136 valence electrons. The lowest BCUT2D eigenvalue weighted by Gasteiger charge is -2.05. The fraction of sp³-hybridized carbons (Fsp3) is 0.389. The van der Waals surface area contributed by atoms with Crippen molar-refractivity contribution in [1.29, 1.82) is 0 Å². The molecule has 0 saturated carbocycles. The third-order valence-electron chi connectivity index (χ3n) is 3.91. The standard InChI is InChI=1S/C18H22N6O2/c1-4-24-15(11-14(22-24)12(2)3)18(25)20-10-8-16-21-17(23-26-16)13-7-5-6-9-19-13/h5-7,9,11-12H,4,8,10H2,1-3H3,(H,20,25). The predicted molar refractivity (Wildman–Crippen MR) is 95.6 cm³/mol. The first-order valence-corrected chi connectivity index (χ1v) is 8.68. The lowest BCUT2D eigenvalue weighted by Crippen LogP contribution is -2.28. The van der Waals surface area contributed by atoms with Crippen LogP contribution in [0.1, 0.15) is 48.8 Å². The number of pyridine rings is 1. The molecule has 8 nitrogen and oxygen atoms in total. The van der Waals surface area contributed by atoms with Gasteiger partial charge in [-0.25, -0.2) is 0 Å². The Morgan fingerprint density at radius 3 is 2.88 bits per heavy atom. The minimum absolute atomic E-state index is 0.157. The average molecular weight is 354 g/mol. The van der Waals surface area contributed by atoms with Crippen LogP contribution < -0.4 is 5.32 Å². The van der Waals surface area contributed by atoms with Crippen molar-refractivity contribution in [3.8, 4) is 11.5 Å². The molecule has 0 fully saturated rings. The number of hydrogen-bond donors (Lipinski definition) is 1. The van der Waals surface area contributed by atoms with E-state index in [4.69, 9.17) is 4.52 Å². The topological polar surface area (TPSA) is 98.7 Å². The quantitative estimate of drug-likeness (QED) is 0.700. The Kier molecular flexibility index (Phi) is 5.40. The highest BCUT2D eigenvalue weighted by Gasteiger charge is 2.16. The van der Waals surface area contributed by atoms with E-state index in [0.717, 1.165) is 5.69 Å². The van der Waals surface area contributed by atoms with Crippen LogP contribution in [-0.4, -0.2) is 37.4 Å². The second kappa shape index (κ2) is 7.90. The first-order chi connectivity index (χ1) is 12.6. The van der Waals surface area contributed by atoms with Gasteiger partial charge in [0, 0.05) is 25.7 Å². The van der Waals surface area contributed by atoms with Gasteiger partial charge >= 0.3 is 0 Å². The van der Waals surface area contributed by atoms with Gasteiger partial charge in [0.05, 0.1) is 5.69 Å². The van der Waals surface area contributed by atoms with Crippen molar-refractivity contribution >= 4 is 5.91 Å². The van der Waals surface area contributed by atoms with Crippen LogP contribution in [0.3, 0.4) is 0 Å². The fourth-order valence-electron chi connectivity index (χ4n) is 2.47. The van der Waals surface area contributed by atoms with Crippen molar-refractivity contribution < 1.29 is 9.32 Å². The van der Waals surface area contributed by atoms with E-state index in [0.29, 0.717) is 42.6 Å². The summed E-state index contributed by atoms with van der Waals surface area (Å²) in [5.41, 5.74) is 2.13. The average Bonchev–Trinajstić information content (AvgIpc) is 3.29. The molecule has 0 radical (unpaired) electrons. The van der Waals surface area contributed by atoms with Crippen molar-refractivity contribution in [2.45, 2.75) is 39.7 Å². The Labute approximate surface area is 151 Å². The molecule has 0 spiro atoms. The predicted octanol–water partition coefficient (Wildman–Crippen LogP) is 2.44. The lowest BCUT2D eigenvalue weighted by atomic mass is 10.1. The molecule has 3 rings (SSSR count). The summed E-state index contributed by atoms with van der Waals surface area (Å²) in [4.78, 5) is 20.9. The number of hydrogen-bond acceptors (Lipinski definition) is 6. The third kappa shape index (κ3) is 3.96. The summed E-state index contributed by atoms with van der Waals surface area (Å²) in [5, 5.41) is 11.3. The summed E-state index contributed by atoms with van der Waals surface area (Å²) < 4.78 is 6.94. The summed E-state index contributed by atoms with van der Waals surface area (Å²) in [6, 6.07) is 7.34. The molecular formula is C18H22N6O2. The minimum Gasteiger partial charge on any atom is -0.350 e. The van der Waals surface area contributed by atoms with Crippen molar-refractivity contribution in [1.82, 2.24) is 30.2 Å². The number of rotatable bonds is 7. The maximum Gasteiger partial charge on any atom is 0.269 e. The van der Waals surface area contributed by atoms with E-state index in [-0.39, 0.29) is 11.8 Å². The third-order valence-corrected chi connectivity index (χ3v) is 3.91. The molecular weight excluding hydrogens is 332 g/mol. The zero-order chi connectivity index (χ0) is 18.5. The Hall–Kier alpha value is -3.03. The van der Waals surface area contributed by atoms with Gasteiger partial charge in [0.25, 0.3) is 5.91 Å². The van der Waals surface area contributed by atoms with E-state index in [2.05, 4.69) is 39.4 Å². The van der Waals surface area contributed by atoms with Gasteiger partial charge in [0.15, 0.2) is 0 Å². The molecule has 0 aliphatic rings. The van der Waals surface area contributed by atoms with Crippen LogP contribution in [0.2, 0.25) is 0 Å². The number of amides is 1. The summed E-state index contributed by atoms with van der Waals surface area (Å²) >= 11 is 0. The van der Waals surface area contributed by atoms with Crippen LogP contribution >= 0.6 is 0 Å². The highest BCUT2D eigenvalue weighted by Crippen LogP contribution is 2.15. The van der Waals surface area contributed by atoms with Gasteiger partial charge in [-0.15, -0.1) is 0 Å². The van der Waals surface area contributed by atoms with Crippen LogP contribution in [0, 0.1) is 0 Å². The molecule has 0 aliphatic carbocycles. The Morgan fingerprint density at radius 1 is 1.35 bits per heavy atom. The van der Waals surface area contributed by atoms with Gasteiger partial charge in [-0.1, -0.05) is 25.1 Å². The highest BCUT2D eigenvalue weighted by molar-refractivity contribution is 5.92. The molecule has 0 bridgehead atoms. The summed E-state index contributed by atoms with van der Waals surface area (Å²) in [7, 11) is 0. The van der Waals surface area contributed by atoms with Gasteiger partial charge in [0.1, 0.15) is 11.4 Å². The smallest absolute Gasteiger partial charge is 0.269 e. The number of nitrogens with zero attached hydrogens (tertiary/aromatic N) is 5. The zero-order valence-corrected chi connectivity index (χ0v) is 15.1. The van der Waals surface area contributed by atoms with Crippen LogP contribution in [0.5, 0.6) is 0 Å². The molecule has 1 amide bonds. The molecule has 0 atom stereocenters. The molecule has 3 aromatic rings. The SMILES string of the molecule is CCn1nc(C(C)C)cc1C(=O)NCCc1nc(-c2ccccn2)no1. The molecule has 1 N–H and O–H groups in total. The first-order valence-electron chi connectivity index (χ1n) is 8.68. The Morgan fingerprint density at radius 2 is 2.19 bits per heavy atom. The van der Waals surface area contributed by atoms with E-state index < -0.39 is 0 Å². The van der Waals surface area contributed by atoms with Gasteiger partial charge in [-0.05, 0) is 31.0 Å². The van der Waals surface area contributed by atoms with Crippen molar-refractivity contribution in [2.24, 2.45) is 0 Å². The lowest BCUT2D eigenvalue weighted by molar-refractivity contribution is 0.0942. The number of nitrogens with one attached hydrogen (secondary N) is 1. The molecule has 0 saturated heterocycles. The highest BCUT2D eigenvalue weighted by atomic mass is 16.5. The van der Waals surface area contributed by atoms with Gasteiger partial charge in [0.2, 0.25) is 11.7 Å². The van der Waals surface area contributed by atoms with Crippen LogP contribution in [0.15, 0.2) is 35.0 Å². The maximum atomic E-state index is 12.4. The number of aromatic nitrogens is 5. The second-order valence-electron chi connectivity index (χ2n) is 6.16. The minimum atomic E-state index is -0.157. The summed E-state index contributed by atoms with van der Waals surface area (Å²) in [6.45, 7) is 7.12. The number of carbonyl (C=O) groups excluding carboxylic acids is 1. The molecule has 3 aromatic heterocycles. The van der Waals surface area contributed by atoms with Crippen molar-refractivity contribution in [3.63, 3.8) is 0 Å². The van der Waals surface area contributed by atoms with Gasteiger partial charge in [-0.3, -0.25) is 14.5 Å². The molecule has 0 aromatic carbocycles. The first kappa shape index (κ1) is 17.8. The number of carbonyl (C=O) groups is 1.